The second kappa shape index (κ2) is 5.64. The second-order valence-corrected chi connectivity index (χ2v) is 4.86. The Kier molecular flexibility index (Phi) is 4.18. The molecule has 2 heterocycles. The Bertz CT molecular complexity index is 233. The van der Waals surface area contributed by atoms with E-state index in [1.54, 1.807) is 0 Å². The van der Waals surface area contributed by atoms with Crippen LogP contribution in [-0.4, -0.2) is 37.2 Å². The standard InChI is InChI=1S/C12H22N2O2/c1-9(10-5-2-3-7-13-10)14-12(15)11-6-4-8-16-11/h9-11,13H,2-8H2,1H3,(H,14,15). The van der Waals surface area contributed by atoms with Gasteiger partial charge in [-0.3, -0.25) is 4.79 Å². The Morgan fingerprint density at radius 2 is 2.25 bits per heavy atom. The fourth-order valence-electron chi connectivity index (χ4n) is 2.51. The predicted molar refractivity (Wildman–Crippen MR) is 62.2 cm³/mol. The number of hydrogen-bond donors (Lipinski definition) is 2. The monoisotopic (exact) mass is 226 g/mol. The van der Waals surface area contributed by atoms with Gasteiger partial charge in [-0.2, -0.15) is 0 Å². The molecule has 1 amide bonds. The van der Waals surface area contributed by atoms with Crippen LogP contribution in [0.5, 0.6) is 0 Å². The van der Waals surface area contributed by atoms with Crippen molar-refractivity contribution in [3.63, 3.8) is 0 Å². The molecule has 2 rings (SSSR count). The Balaban J connectivity index is 1.76. The van der Waals surface area contributed by atoms with Crippen LogP contribution in [-0.2, 0) is 9.53 Å². The Morgan fingerprint density at radius 1 is 1.38 bits per heavy atom. The Morgan fingerprint density at radius 3 is 2.88 bits per heavy atom. The average Bonchev–Trinajstić information content (AvgIpc) is 2.83. The van der Waals surface area contributed by atoms with E-state index in [1.165, 1.54) is 12.8 Å². The lowest BCUT2D eigenvalue weighted by Crippen LogP contribution is -2.52. The van der Waals surface area contributed by atoms with E-state index in [0.29, 0.717) is 6.04 Å². The molecule has 4 nitrogen and oxygen atoms in total. The molecule has 2 aliphatic rings. The zero-order chi connectivity index (χ0) is 11.4. The molecule has 3 unspecified atom stereocenters. The highest BCUT2D eigenvalue weighted by atomic mass is 16.5. The molecule has 2 saturated heterocycles. The summed E-state index contributed by atoms with van der Waals surface area (Å²) in [6.07, 6.45) is 5.35. The lowest BCUT2D eigenvalue weighted by Gasteiger charge is -2.30. The largest absolute Gasteiger partial charge is 0.368 e. The van der Waals surface area contributed by atoms with Crippen LogP contribution < -0.4 is 10.6 Å². The van der Waals surface area contributed by atoms with Crippen LogP contribution in [0.3, 0.4) is 0 Å². The van der Waals surface area contributed by atoms with Crippen molar-refractivity contribution in [1.29, 1.82) is 0 Å². The predicted octanol–water partition coefficient (Wildman–Crippen LogP) is 0.812. The Hall–Kier alpha value is -0.610. The van der Waals surface area contributed by atoms with Gasteiger partial charge in [-0.05, 0) is 39.2 Å². The molecule has 0 bridgehead atoms. The third-order valence-electron chi connectivity index (χ3n) is 3.54. The van der Waals surface area contributed by atoms with Gasteiger partial charge in [0.05, 0.1) is 0 Å². The van der Waals surface area contributed by atoms with Gasteiger partial charge in [0.1, 0.15) is 6.10 Å². The lowest BCUT2D eigenvalue weighted by molar-refractivity contribution is -0.130. The average molecular weight is 226 g/mol. The van der Waals surface area contributed by atoms with Gasteiger partial charge in [0.2, 0.25) is 5.91 Å². The fraction of sp³-hybridized carbons (Fsp3) is 0.917. The maximum absolute atomic E-state index is 11.8. The molecule has 92 valence electrons. The van der Waals surface area contributed by atoms with Crippen LogP contribution in [0.2, 0.25) is 0 Å². The second-order valence-electron chi connectivity index (χ2n) is 4.86. The molecule has 0 aromatic rings. The topological polar surface area (TPSA) is 50.4 Å². The molecule has 0 radical (unpaired) electrons. The molecule has 3 atom stereocenters. The highest BCUT2D eigenvalue weighted by molar-refractivity contribution is 5.81. The van der Waals surface area contributed by atoms with Crippen molar-refractivity contribution >= 4 is 5.91 Å². The van der Waals surface area contributed by atoms with Crippen molar-refractivity contribution in [2.24, 2.45) is 0 Å². The van der Waals surface area contributed by atoms with Crippen LogP contribution in [0, 0.1) is 0 Å². The third kappa shape index (κ3) is 2.95. The zero-order valence-electron chi connectivity index (χ0n) is 10.00. The van der Waals surface area contributed by atoms with E-state index < -0.39 is 0 Å². The van der Waals surface area contributed by atoms with Crippen LogP contribution >= 0.6 is 0 Å². The molecule has 4 heteroatoms. The summed E-state index contributed by atoms with van der Waals surface area (Å²) in [5.74, 6) is 0.0670. The molecule has 0 aromatic heterocycles. The molecule has 16 heavy (non-hydrogen) atoms. The maximum atomic E-state index is 11.8. The van der Waals surface area contributed by atoms with Gasteiger partial charge in [0, 0.05) is 18.7 Å². The van der Waals surface area contributed by atoms with E-state index in [9.17, 15) is 4.79 Å². The van der Waals surface area contributed by atoms with Crippen LogP contribution in [0.4, 0.5) is 0 Å². The third-order valence-corrected chi connectivity index (χ3v) is 3.54. The summed E-state index contributed by atoms with van der Waals surface area (Å²) in [6.45, 7) is 3.88. The first kappa shape index (κ1) is 11.9. The van der Waals surface area contributed by atoms with E-state index >= 15 is 0 Å². The highest BCUT2D eigenvalue weighted by Gasteiger charge is 2.27. The number of rotatable bonds is 3. The number of piperidine rings is 1. The number of nitrogens with one attached hydrogen (secondary N) is 2. The van der Waals surface area contributed by atoms with Gasteiger partial charge >= 0.3 is 0 Å². The molecular formula is C12H22N2O2. The number of amides is 1. The van der Waals surface area contributed by atoms with Gasteiger partial charge in [-0.15, -0.1) is 0 Å². The van der Waals surface area contributed by atoms with Crippen molar-refractivity contribution in [3.05, 3.63) is 0 Å². The maximum Gasteiger partial charge on any atom is 0.249 e. The minimum Gasteiger partial charge on any atom is -0.368 e. The summed E-state index contributed by atoms with van der Waals surface area (Å²) in [6, 6.07) is 0.635. The van der Waals surface area contributed by atoms with Crippen molar-refractivity contribution in [3.8, 4) is 0 Å². The van der Waals surface area contributed by atoms with E-state index in [1.807, 2.05) is 0 Å². The molecular weight excluding hydrogens is 204 g/mol. The first-order valence-corrected chi connectivity index (χ1v) is 6.43. The van der Waals surface area contributed by atoms with Crippen LogP contribution in [0.15, 0.2) is 0 Å². The van der Waals surface area contributed by atoms with Crippen LogP contribution in [0.1, 0.15) is 39.0 Å². The van der Waals surface area contributed by atoms with E-state index in [0.717, 1.165) is 32.4 Å². The molecule has 2 N–H and O–H groups in total. The summed E-state index contributed by atoms with van der Waals surface area (Å²) >= 11 is 0. The first-order chi connectivity index (χ1) is 7.77. The molecule has 0 saturated carbocycles. The highest BCUT2D eigenvalue weighted by Crippen LogP contribution is 2.14. The van der Waals surface area contributed by atoms with Gasteiger partial charge in [-0.25, -0.2) is 0 Å². The number of carbonyl (C=O) groups is 1. The summed E-state index contributed by atoms with van der Waals surface area (Å²) in [5.41, 5.74) is 0. The number of ether oxygens (including phenoxy) is 1. The fourth-order valence-corrected chi connectivity index (χ4v) is 2.51. The van der Waals surface area contributed by atoms with Gasteiger partial charge in [-0.1, -0.05) is 6.42 Å². The van der Waals surface area contributed by atoms with Gasteiger partial charge in [0.15, 0.2) is 0 Å². The summed E-state index contributed by atoms with van der Waals surface area (Å²) in [7, 11) is 0. The van der Waals surface area contributed by atoms with Crippen molar-refractivity contribution < 1.29 is 9.53 Å². The first-order valence-electron chi connectivity index (χ1n) is 6.43. The normalized spacial score (nSPS) is 32.3. The minimum absolute atomic E-state index is 0.0670. The van der Waals surface area contributed by atoms with Gasteiger partial charge < -0.3 is 15.4 Å². The summed E-state index contributed by atoms with van der Waals surface area (Å²) in [5, 5.41) is 6.52. The van der Waals surface area contributed by atoms with E-state index in [2.05, 4.69) is 17.6 Å². The molecule has 0 spiro atoms. The number of hydrogen-bond acceptors (Lipinski definition) is 3. The SMILES string of the molecule is CC(NC(=O)C1CCCO1)C1CCCCN1. The van der Waals surface area contributed by atoms with Gasteiger partial charge in [0.25, 0.3) is 0 Å². The van der Waals surface area contributed by atoms with E-state index in [4.69, 9.17) is 4.74 Å². The number of carbonyl (C=O) groups excluding carboxylic acids is 1. The molecule has 2 aliphatic heterocycles. The van der Waals surface area contributed by atoms with Crippen molar-refractivity contribution in [1.82, 2.24) is 10.6 Å². The minimum atomic E-state index is -0.203. The smallest absolute Gasteiger partial charge is 0.249 e. The quantitative estimate of drug-likeness (QED) is 0.749. The molecule has 2 fully saturated rings. The summed E-state index contributed by atoms with van der Waals surface area (Å²) in [4.78, 5) is 11.8. The van der Waals surface area contributed by atoms with Crippen LogP contribution in [0.25, 0.3) is 0 Å². The van der Waals surface area contributed by atoms with Crippen molar-refractivity contribution in [2.75, 3.05) is 13.2 Å². The Labute approximate surface area is 97.1 Å². The molecule has 0 aliphatic carbocycles. The zero-order valence-corrected chi connectivity index (χ0v) is 10.00. The lowest BCUT2D eigenvalue weighted by atomic mass is 9.99. The van der Waals surface area contributed by atoms with Crippen molar-refractivity contribution in [2.45, 2.75) is 57.2 Å². The molecule has 0 aromatic carbocycles. The van der Waals surface area contributed by atoms with E-state index in [-0.39, 0.29) is 18.1 Å². The summed E-state index contributed by atoms with van der Waals surface area (Å²) < 4.78 is 5.37.